The van der Waals surface area contributed by atoms with E-state index in [0.717, 1.165) is 17.3 Å². The molecule has 0 aromatic heterocycles. The van der Waals surface area contributed by atoms with Gasteiger partial charge in [-0.2, -0.15) is 0 Å². The van der Waals surface area contributed by atoms with Gasteiger partial charge in [-0.25, -0.2) is 0 Å². The molecule has 1 unspecified atom stereocenters. The van der Waals surface area contributed by atoms with E-state index in [1.54, 1.807) is 14.2 Å². The van der Waals surface area contributed by atoms with Gasteiger partial charge in [-0.1, -0.05) is 41.4 Å². The van der Waals surface area contributed by atoms with E-state index in [0.29, 0.717) is 5.54 Å². The first-order valence-electron chi connectivity index (χ1n) is 5.43. The predicted octanol–water partition coefficient (Wildman–Crippen LogP) is 3.65. The molecule has 89 valence electrons. The van der Waals surface area contributed by atoms with Crippen LogP contribution in [0.25, 0.3) is 0 Å². The summed E-state index contributed by atoms with van der Waals surface area (Å²) in [7, 11) is 2.26. The molecular weight excluding hydrogens is 284 g/mol. The van der Waals surface area contributed by atoms with Crippen molar-refractivity contribution in [2.75, 3.05) is 14.2 Å². The summed E-state index contributed by atoms with van der Waals surface area (Å²) in [5.41, 5.74) is 1.69. The maximum atomic E-state index is 5.47. The van der Waals surface area contributed by atoms with Crippen LogP contribution in [0.2, 0.25) is 0 Å². The van der Waals surface area contributed by atoms with Crippen LogP contribution in [0.5, 0.6) is 0 Å². The molecule has 1 radical (unpaired) electrons. The van der Waals surface area contributed by atoms with Crippen molar-refractivity contribution >= 4 is 25.2 Å². The van der Waals surface area contributed by atoms with Gasteiger partial charge in [0.2, 0.25) is 0 Å². The van der Waals surface area contributed by atoms with Crippen molar-refractivity contribution < 1.29 is 8.85 Å². The first kappa shape index (κ1) is 13.9. The molecule has 1 aromatic rings. The van der Waals surface area contributed by atoms with Crippen molar-refractivity contribution in [1.82, 2.24) is 0 Å². The van der Waals surface area contributed by atoms with Gasteiger partial charge in [0, 0.05) is 24.2 Å². The molecule has 1 rings (SSSR count). The molecule has 0 aliphatic rings. The Morgan fingerprint density at radius 2 is 2.00 bits per heavy atom. The van der Waals surface area contributed by atoms with Gasteiger partial charge in [0.1, 0.15) is 0 Å². The van der Waals surface area contributed by atoms with Crippen LogP contribution < -0.4 is 0 Å². The molecule has 0 saturated heterocycles. The third-order valence-electron chi connectivity index (χ3n) is 2.52. The first-order chi connectivity index (χ1) is 7.72. The van der Waals surface area contributed by atoms with E-state index in [1.807, 2.05) is 6.07 Å². The summed E-state index contributed by atoms with van der Waals surface area (Å²) in [6.07, 6.45) is 2.24. The lowest BCUT2D eigenvalue weighted by atomic mass is 10.1. The molecule has 0 aliphatic carbocycles. The van der Waals surface area contributed by atoms with E-state index < -0.39 is 9.28 Å². The highest BCUT2D eigenvalue weighted by molar-refractivity contribution is 9.10. The van der Waals surface area contributed by atoms with Gasteiger partial charge < -0.3 is 8.85 Å². The molecule has 0 amide bonds. The van der Waals surface area contributed by atoms with Crippen molar-refractivity contribution in [2.45, 2.75) is 25.3 Å². The fraction of sp³-hybridized carbons (Fsp3) is 0.500. The minimum Gasteiger partial charge on any atom is -0.396 e. The largest absolute Gasteiger partial charge is 0.396 e. The van der Waals surface area contributed by atoms with E-state index in [1.165, 1.54) is 5.56 Å². The van der Waals surface area contributed by atoms with Gasteiger partial charge >= 0.3 is 9.28 Å². The average molecular weight is 302 g/mol. The molecule has 0 saturated carbocycles. The van der Waals surface area contributed by atoms with Crippen LogP contribution in [-0.2, 0) is 8.85 Å². The van der Waals surface area contributed by atoms with Crippen molar-refractivity contribution in [3.63, 3.8) is 0 Å². The van der Waals surface area contributed by atoms with Gasteiger partial charge in [0.05, 0.1) is 0 Å². The number of halogens is 1. The summed E-state index contributed by atoms with van der Waals surface area (Å²) >= 11 is 3.50. The van der Waals surface area contributed by atoms with Crippen molar-refractivity contribution in [1.29, 1.82) is 0 Å². The fourth-order valence-corrected chi connectivity index (χ4v) is 3.93. The summed E-state index contributed by atoms with van der Waals surface area (Å²) in [5.74, 6) is 0. The van der Waals surface area contributed by atoms with Gasteiger partial charge in [-0.3, -0.25) is 0 Å². The van der Waals surface area contributed by atoms with E-state index >= 15 is 0 Å². The van der Waals surface area contributed by atoms with Crippen LogP contribution >= 0.6 is 15.9 Å². The predicted molar refractivity (Wildman–Crippen MR) is 71.6 cm³/mol. The Labute approximate surface area is 108 Å². The highest BCUT2D eigenvalue weighted by atomic mass is 79.9. The molecule has 16 heavy (non-hydrogen) atoms. The molecule has 1 atom stereocenters. The van der Waals surface area contributed by atoms with E-state index in [2.05, 4.69) is 41.1 Å². The van der Waals surface area contributed by atoms with Crippen molar-refractivity contribution in [2.24, 2.45) is 0 Å². The Morgan fingerprint density at radius 3 is 2.50 bits per heavy atom. The summed E-state index contributed by atoms with van der Waals surface area (Å²) in [6, 6.07) is 8.40. The lowest BCUT2D eigenvalue weighted by Crippen LogP contribution is -2.28. The van der Waals surface area contributed by atoms with Gasteiger partial charge in [0.25, 0.3) is 0 Å². The van der Waals surface area contributed by atoms with Crippen LogP contribution in [0.3, 0.4) is 0 Å². The summed E-state index contributed by atoms with van der Waals surface area (Å²) in [6.45, 7) is 2.19. The molecule has 1 aromatic carbocycles. The fourth-order valence-electron chi connectivity index (χ4n) is 1.80. The van der Waals surface area contributed by atoms with Gasteiger partial charge in [0.15, 0.2) is 0 Å². The summed E-state index contributed by atoms with van der Waals surface area (Å²) < 4.78 is 12.1. The Kier molecular flexibility index (Phi) is 6.27. The standard InChI is InChI=1S/C12H18BrO2Si/c1-4-6-12(16(14-2)15-3)10-7-5-8-11(13)9-10/h5,7-9,12H,4,6H2,1-3H3. The van der Waals surface area contributed by atoms with Gasteiger partial charge in [-0.15, -0.1) is 0 Å². The zero-order valence-electron chi connectivity index (χ0n) is 10.00. The van der Waals surface area contributed by atoms with E-state index in [-0.39, 0.29) is 0 Å². The topological polar surface area (TPSA) is 18.5 Å². The molecule has 0 spiro atoms. The highest BCUT2D eigenvalue weighted by Crippen LogP contribution is 2.27. The number of hydrogen-bond donors (Lipinski definition) is 0. The van der Waals surface area contributed by atoms with E-state index in [4.69, 9.17) is 8.85 Å². The smallest absolute Gasteiger partial charge is 0.392 e. The number of benzene rings is 1. The number of rotatable bonds is 6. The minimum atomic E-state index is -1.21. The monoisotopic (exact) mass is 301 g/mol. The minimum absolute atomic E-state index is 0.391. The normalized spacial score (nSPS) is 13.1. The third-order valence-corrected chi connectivity index (χ3v) is 5.00. The van der Waals surface area contributed by atoms with Crippen molar-refractivity contribution in [3.8, 4) is 0 Å². The Morgan fingerprint density at radius 1 is 1.31 bits per heavy atom. The zero-order chi connectivity index (χ0) is 12.0. The van der Waals surface area contributed by atoms with E-state index in [9.17, 15) is 0 Å². The maximum Gasteiger partial charge on any atom is 0.392 e. The third kappa shape index (κ3) is 3.70. The SMILES string of the molecule is CCCC(c1cccc(Br)c1)[Si](OC)OC. The molecule has 4 heteroatoms. The molecule has 0 fully saturated rings. The van der Waals surface area contributed by atoms with Gasteiger partial charge in [-0.05, 0) is 24.1 Å². The second-order valence-corrected chi connectivity index (χ2v) is 6.69. The lowest BCUT2D eigenvalue weighted by molar-refractivity contribution is 0.264. The van der Waals surface area contributed by atoms with Crippen LogP contribution in [0, 0.1) is 0 Å². The number of hydrogen-bond acceptors (Lipinski definition) is 2. The quantitative estimate of drug-likeness (QED) is 0.747. The Hall–Kier alpha value is -0.163. The molecule has 0 N–H and O–H groups in total. The average Bonchev–Trinajstić information content (AvgIpc) is 2.29. The van der Waals surface area contributed by atoms with Crippen LogP contribution in [0.15, 0.2) is 28.7 Å². The molecule has 2 nitrogen and oxygen atoms in total. The Balaban J connectivity index is 2.91. The van der Waals surface area contributed by atoms with Crippen LogP contribution in [-0.4, -0.2) is 23.5 Å². The first-order valence-corrected chi connectivity index (χ1v) is 7.61. The molecule has 0 aliphatic heterocycles. The van der Waals surface area contributed by atoms with Crippen molar-refractivity contribution in [3.05, 3.63) is 34.3 Å². The molecule has 0 heterocycles. The lowest BCUT2D eigenvalue weighted by Gasteiger charge is -2.21. The summed E-state index contributed by atoms with van der Waals surface area (Å²) in [5, 5.41) is 0. The molecule has 0 bridgehead atoms. The second-order valence-electron chi connectivity index (χ2n) is 3.62. The maximum absolute atomic E-state index is 5.47. The second kappa shape index (κ2) is 7.22. The summed E-state index contributed by atoms with van der Waals surface area (Å²) in [4.78, 5) is 0. The zero-order valence-corrected chi connectivity index (χ0v) is 12.6. The van der Waals surface area contributed by atoms with Crippen LogP contribution in [0.1, 0.15) is 30.9 Å². The van der Waals surface area contributed by atoms with Crippen LogP contribution in [0.4, 0.5) is 0 Å². The highest BCUT2D eigenvalue weighted by Gasteiger charge is 2.27. The Bertz CT molecular complexity index is 316. The molecular formula is C12H18BrO2Si.